The molecule has 3 heterocycles. The van der Waals surface area contributed by atoms with E-state index in [1.165, 1.54) is 5.38 Å². The number of carbonyl (C=O) groups is 2. The lowest BCUT2D eigenvalue weighted by Crippen LogP contribution is -2.76. The molecule has 3 aromatic rings. The van der Waals surface area contributed by atoms with Gasteiger partial charge >= 0.3 is 11.4 Å². The Kier molecular flexibility index (Phi) is 9.74. The normalized spacial score (nSPS) is 17.0. The Balaban J connectivity index is 1.34. The number of nitrogen functional groups attached to an aromatic ring is 2. The minimum Gasteiger partial charge on any atom is -0.490 e. The maximum Gasteiger partial charge on any atom is 0.325 e. The number of nitrogens with one attached hydrogen (secondary N) is 1. The summed E-state index contributed by atoms with van der Waals surface area (Å²) in [5.41, 5.74) is 17.8. The number of rotatable bonds is 14. The molecular formula is C24H31N9O7S2. The average Bonchev–Trinajstić information content (AvgIpc) is 3.55. The number of aromatic nitrogens is 3. The van der Waals surface area contributed by atoms with Gasteiger partial charge in [0.05, 0.1) is 5.54 Å². The first-order valence-corrected chi connectivity index (χ1v) is 14.5. The summed E-state index contributed by atoms with van der Waals surface area (Å²) in [6, 6.07) is 6.22. The fraction of sp³-hybridized carbons (Fsp3) is 0.375. The van der Waals surface area contributed by atoms with Gasteiger partial charge in [0.2, 0.25) is 0 Å². The molecule has 0 aliphatic carbocycles. The number of thiazole rings is 1. The smallest absolute Gasteiger partial charge is 0.325 e. The molecule has 0 saturated carbocycles. The predicted octanol–water partition coefficient (Wildman–Crippen LogP) is 0.493. The first-order chi connectivity index (χ1) is 20.0. The molecule has 4 rings (SSSR count). The second-order valence-corrected chi connectivity index (χ2v) is 11.0. The average molecular weight is 622 g/mol. The highest BCUT2D eigenvalue weighted by Crippen LogP contribution is 2.32. The summed E-state index contributed by atoms with van der Waals surface area (Å²) in [6.45, 7) is 4.44. The first-order valence-electron chi connectivity index (χ1n) is 12.6. The van der Waals surface area contributed by atoms with E-state index in [2.05, 4.69) is 24.8 Å². The molecule has 16 nitrogen and oxygen atoms in total. The fourth-order valence-corrected chi connectivity index (χ4v) is 4.99. The third-order valence-electron chi connectivity index (χ3n) is 6.22. The van der Waals surface area contributed by atoms with Crippen molar-refractivity contribution in [1.29, 1.82) is 0 Å². The van der Waals surface area contributed by atoms with E-state index < -0.39 is 34.8 Å². The van der Waals surface area contributed by atoms with Crippen molar-refractivity contribution < 1.29 is 32.2 Å². The van der Waals surface area contributed by atoms with Crippen LogP contribution in [0.1, 0.15) is 26.0 Å². The quantitative estimate of drug-likeness (QED) is 0.0544. The van der Waals surface area contributed by atoms with Gasteiger partial charge in [0.25, 0.3) is 11.8 Å². The number of nitrogens with two attached hydrogens (primary N) is 3. The van der Waals surface area contributed by atoms with E-state index in [0.717, 1.165) is 33.9 Å². The Labute approximate surface area is 247 Å². The lowest BCUT2D eigenvalue weighted by molar-refractivity contribution is -0.216. The Hall–Kier alpha value is -4.10. The summed E-state index contributed by atoms with van der Waals surface area (Å²) >= 11 is -1.61. The number of benzene rings is 1. The van der Waals surface area contributed by atoms with Crippen molar-refractivity contribution in [2.45, 2.75) is 38.4 Å². The van der Waals surface area contributed by atoms with E-state index in [-0.39, 0.29) is 29.8 Å². The third-order valence-corrected chi connectivity index (χ3v) is 7.17. The summed E-state index contributed by atoms with van der Waals surface area (Å²) in [7, 11) is 0. The van der Waals surface area contributed by atoms with E-state index in [4.69, 9.17) is 31.3 Å². The zero-order valence-electron chi connectivity index (χ0n) is 22.8. The number of aryl methyl sites for hydroxylation is 1. The highest BCUT2D eigenvalue weighted by molar-refractivity contribution is 7.74. The van der Waals surface area contributed by atoms with Crippen molar-refractivity contribution in [2.24, 2.45) is 10.9 Å². The molecule has 0 spiro atoms. The third kappa shape index (κ3) is 7.02. The van der Waals surface area contributed by atoms with Crippen molar-refractivity contribution in [3.8, 4) is 16.9 Å². The highest BCUT2D eigenvalue weighted by atomic mass is 32.2. The van der Waals surface area contributed by atoms with Gasteiger partial charge in [0.1, 0.15) is 24.1 Å². The molecule has 1 fully saturated rings. The number of ether oxygens (including phenoxy) is 1. The molecule has 0 radical (unpaired) electrons. The van der Waals surface area contributed by atoms with Crippen molar-refractivity contribution in [2.75, 3.05) is 31.2 Å². The minimum atomic E-state index is -2.70. The minimum absolute atomic E-state index is 0.0171. The number of hydroxylamine groups is 2. The number of amides is 2. The summed E-state index contributed by atoms with van der Waals surface area (Å²) < 4.78 is 32.0. The summed E-state index contributed by atoms with van der Waals surface area (Å²) in [6.07, 6.45) is 2.67. The largest absolute Gasteiger partial charge is 0.490 e. The predicted molar refractivity (Wildman–Crippen MR) is 155 cm³/mol. The van der Waals surface area contributed by atoms with Gasteiger partial charge in [-0.05, 0) is 44.5 Å². The molecular weight excluding hydrogens is 590 g/mol. The lowest BCUT2D eigenvalue weighted by Gasteiger charge is -2.50. The van der Waals surface area contributed by atoms with Gasteiger partial charge in [0, 0.05) is 23.7 Å². The molecule has 42 heavy (non-hydrogen) atoms. The van der Waals surface area contributed by atoms with Gasteiger partial charge < -0.3 is 32.1 Å². The van der Waals surface area contributed by atoms with Gasteiger partial charge in [-0.15, -0.1) is 15.6 Å². The van der Waals surface area contributed by atoms with Crippen LogP contribution in [-0.4, -0.2) is 77.5 Å². The van der Waals surface area contributed by atoms with Crippen molar-refractivity contribution >= 4 is 51.2 Å². The van der Waals surface area contributed by atoms with Crippen LogP contribution in [0, 0.1) is 0 Å². The number of hydrogen-bond acceptors (Lipinski definition) is 13. The van der Waals surface area contributed by atoms with Crippen LogP contribution in [0.25, 0.3) is 11.1 Å². The molecule has 2 atom stereocenters. The van der Waals surface area contributed by atoms with Crippen LogP contribution in [0.5, 0.6) is 5.75 Å². The number of oxime groups is 1. The number of hydrogen-bond donors (Lipinski definition) is 5. The highest BCUT2D eigenvalue weighted by Gasteiger charge is 2.57. The molecule has 18 heteroatoms. The molecule has 1 saturated heterocycles. The number of anilines is 2. The summed E-state index contributed by atoms with van der Waals surface area (Å²) in [5, 5.41) is 13.2. The second kappa shape index (κ2) is 13.3. The van der Waals surface area contributed by atoms with Gasteiger partial charge in [0.15, 0.2) is 23.3 Å². The monoisotopic (exact) mass is 621 g/mol. The van der Waals surface area contributed by atoms with Crippen LogP contribution in [0.2, 0.25) is 0 Å². The lowest BCUT2D eigenvalue weighted by atomic mass is 9.84. The van der Waals surface area contributed by atoms with Crippen molar-refractivity contribution in [1.82, 2.24) is 25.1 Å². The SMILES string of the molecule is CC1(C)[C@H](NC(=O)/C(=N\OCCOc2ccc(-c3cn(CCCN)nc3N)cc2)c2csc(N)n2)C(=O)N1OS(=O)O. The molecule has 1 aliphatic heterocycles. The Morgan fingerprint density at radius 3 is 2.62 bits per heavy atom. The summed E-state index contributed by atoms with van der Waals surface area (Å²) in [5.74, 6) is -0.479. The molecule has 1 unspecified atom stereocenters. The second-order valence-electron chi connectivity index (χ2n) is 9.53. The zero-order valence-corrected chi connectivity index (χ0v) is 24.4. The topological polar surface area (TPSA) is 236 Å². The number of nitrogens with zero attached hydrogens (tertiary/aromatic N) is 5. The van der Waals surface area contributed by atoms with Crippen molar-refractivity contribution in [3.63, 3.8) is 0 Å². The molecule has 226 valence electrons. The van der Waals surface area contributed by atoms with Crippen LogP contribution >= 0.6 is 11.3 Å². The van der Waals surface area contributed by atoms with Gasteiger partial charge in [-0.2, -0.15) is 14.4 Å². The fourth-order valence-electron chi connectivity index (χ4n) is 4.05. The molecule has 0 bridgehead atoms. The van der Waals surface area contributed by atoms with Crippen LogP contribution in [0.3, 0.4) is 0 Å². The molecule has 2 aromatic heterocycles. The van der Waals surface area contributed by atoms with E-state index in [1.54, 1.807) is 30.7 Å². The molecule has 2 amide bonds. The number of β-lactam (4-membered cyclic amide) rings is 1. The standard InChI is InChI=1S/C24H31N9O7S2/c1-24(2)19(22(35)33(24)40-42(36)37)29-21(34)18(17-13-41-23(27)28-17)31-39-11-10-38-15-6-4-14(5-7-15)16-12-32(9-3-8-25)30-20(16)26/h4-7,12-13,19H,3,8-11,25H2,1-2H3,(H2,26,30)(H2,27,28)(H,29,34)(H,36,37)/b31-18-/t19-/m1/s1. The maximum atomic E-state index is 13.1. The molecule has 1 aliphatic rings. The van der Waals surface area contributed by atoms with Crippen LogP contribution < -0.4 is 27.3 Å². The molecule has 1 aromatic carbocycles. The number of carbonyl (C=O) groups excluding carboxylic acids is 2. The first kappa shape index (κ1) is 30.8. The Morgan fingerprint density at radius 2 is 2.00 bits per heavy atom. The molecule has 8 N–H and O–H groups in total. The Morgan fingerprint density at radius 1 is 1.26 bits per heavy atom. The van der Waals surface area contributed by atoms with Crippen LogP contribution in [0.15, 0.2) is 41.0 Å². The van der Waals surface area contributed by atoms with Gasteiger partial charge in [-0.3, -0.25) is 18.8 Å². The van der Waals surface area contributed by atoms with E-state index in [9.17, 15) is 13.8 Å². The van der Waals surface area contributed by atoms with E-state index in [0.29, 0.717) is 24.7 Å². The zero-order chi connectivity index (χ0) is 30.4. The summed E-state index contributed by atoms with van der Waals surface area (Å²) in [4.78, 5) is 34.9. The van der Waals surface area contributed by atoms with Gasteiger partial charge in [-0.25, -0.2) is 4.98 Å². The van der Waals surface area contributed by atoms with E-state index >= 15 is 0 Å². The van der Waals surface area contributed by atoms with Gasteiger partial charge in [-0.1, -0.05) is 17.3 Å². The van der Waals surface area contributed by atoms with Crippen LogP contribution in [-0.2, 0) is 36.6 Å². The van der Waals surface area contributed by atoms with Crippen LogP contribution in [0.4, 0.5) is 10.9 Å². The Bertz CT molecular complexity index is 1470. The maximum absolute atomic E-state index is 13.1. The van der Waals surface area contributed by atoms with Crippen molar-refractivity contribution in [3.05, 3.63) is 41.5 Å². The van der Waals surface area contributed by atoms with E-state index in [1.807, 2.05) is 18.3 Å².